The lowest BCUT2D eigenvalue weighted by Crippen LogP contribution is -2.10. The summed E-state index contributed by atoms with van der Waals surface area (Å²) >= 11 is 1.50. The van der Waals surface area contributed by atoms with Crippen LogP contribution in [0.1, 0.15) is 47.5 Å². The van der Waals surface area contributed by atoms with E-state index in [9.17, 15) is 4.79 Å². The molecule has 0 aliphatic heterocycles. The summed E-state index contributed by atoms with van der Waals surface area (Å²) in [5.41, 5.74) is 3.51. The van der Waals surface area contributed by atoms with E-state index in [0.29, 0.717) is 0 Å². The Kier molecular flexibility index (Phi) is 4.47. The third-order valence-electron chi connectivity index (χ3n) is 3.42. The first-order valence-corrected chi connectivity index (χ1v) is 7.84. The molecular formula is C17H21NO2S. The van der Waals surface area contributed by atoms with Gasteiger partial charge in [-0.2, -0.15) is 0 Å². The molecule has 2 aromatic rings. The molecule has 1 N–H and O–H groups in total. The maximum absolute atomic E-state index is 10.8. The van der Waals surface area contributed by atoms with Gasteiger partial charge in [0, 0.05) is 11.3 Å². The molecule has 0 saturated heterocycles. The molecule has 21 heavy (non-hydrogen) atoms. The highest BCUT2D eigenvalue weighted by atomic mass is 32.1. The third kappa shape index (κ3) is 4.14. The van der Waals surface area contributed by atoms with Crippen LogP contribution in [0.15, 0.2) is 24.3 Å². The van der Waals surface area contributed by atoms with Crippen LogP contribution in [0.25, 0.3) is 0 Å². The summed E-state index contributed by atoms with van der Waals surface area (Å²) in [4.78, 5) is 16.1. The average molecular weight is 303 g/mol. The average Bonchev–Trinajstić information content (AvgIpc) is 2.68. The highest BCUT2D eigenvalue weighted by molar-refractivity contribution is 7.11. The van der Waals surface area contributed by atoms with Gasteiger partial charge < -0.3 is 5.11 Å². The van der Waals surface area contributed by atoms with Gasteiger partial charge in [-0.1, -0.05) is 45.0 Å². The molecule has 1 heterocycles. The van der Waals surface area contributed by atoms with Gasteiger partial charge in [-0.25, -0.2) is 4.98 Å². The van der Waals surface area contributed by atoms with E-state index < -0.39 is 5.97 Å². The fraction of sp³-hybridized carbons (Fsp3) is 0.412. The number of thiazole rings is 1. The lowest BCUT2D eigenvalue weighted by molar-refractivity contribution is -0.136. The lowest BCUT2D eigenvalue weighted by Gasteiger charge is -2.19. The second-order valence-electron chi connectivity index (χ2n) is 6.31. The highest BCUT2D eigenvalue weighted by Crippen LogP contribution is 2.25. The Bertz CT molecular complexity index is 636. The molecule has 0 bridgehead atoms. The van der Waals surface area contributed by atoms with Gasteiger partial charge in [-0.05, 0) is 23.5 Å². The van der Waals surface area contributed by atoms with Crippen molar-refractivity contribution in [3.05, 3.63) is 51.0 Å². The normalized spacial score (nSPS) is 11.6. The van der Waals surface area contributed by atoms with Crippen molar-refractivity contribution in [1.29, 1.82) is 0 Å². The molecule has 1 aromatic heterocycles. The Morgan fingerprint density at radius 3 is 2.38 bits per heavy atom. The number of hydrogen-bond acceptors (Lipinski definition) is 3. The number of hydrogen-bond donors (Lipinski definition) is 1. The van der Waals surface area contributed by atoms with Crippen molar-refractivity contribution < 1.29 is 9.90 Å². The Hall–Kier alpha value is -1.68. The third-order valence-corrected chi connectivity index (χ3v) is 4.58. The van der Waals surface area contributed by atoms with E-state index in [2.05, 4.69) is 50.0 Å². The lowest BCUT2D eigenvalue weighted by atomic mass is 9.86. The smallest absolute Gasteiger partial charge is 0.308 e. The maximum Gasteiger partial charge on any atom is 0.308 e. The van der Waals surface area contributed by atoms with Crippen molar-refractivity contribution in [2.75, 3.05) is 0 Å². The van der Waals surface area contributed by atoms with Crippen LogP contribution in [0.5, 0.6) is 0 Å². The summed E-state index contributed by atoms with van der Waals surface area (Å²) in [7, 11) is 0. The summed E-state index contributed by atoms with van der Waals surface area (Å²) in [6, 6.07) is 8.59. The number of rotatable bonds is 4. The minimum Gasteiger partial charge on any atom is -0.481 e. The summed E-state index contributed by atoms with van der Waals surface area (Å²) in [5.74, 6) is -0.803. The van der Waals surface area contributed by atoms with Gasteiger partial charge in [-0.15, -0.1) is 11.3 Å². The van der Waals surface area contributed by atoms with Crippen LogP contribution < -0.4 is 0 Å². The van der Waals surface area contributed by atoms with Gasteiger partial charge in [0.15, 0.2) is 0 Å². The van der Waals surface area contributed by atoms with Crippen LogP contribution in [0, 0.1) is 6.92 Å². The largest absolute Gasteiger partial charge is 0.481 e. The summed E-state index contributed by atoms with van der Waals surface area (Å²) in [5, 5.41) is 9.85. The quantitative estimate of drug-likeness (QED) is 0.930. The zero-order valence-electron chi connectivity index (χ0n) is 12.9. The number of aromatic nitrogens is 1. The molecule has 0 spiro atoms. The molecular weight excluding hydrogens is 282 g/mol. The van der Waals surface area contributed by atoms with Gasteiger partial charge in [0.2, 0.25) is 0 Å². The number of aryl methyl sites for hydroxylation is 1. The van der Waals surface area contributed by atoms with Gasteiger partial charge in [0.05, 0.1) is 17.1 Å². The molecule has 2 rings (SSSR count). The van der Waals surface area contributed by atoms with Gasteiger partial charge in [0.25, 0.3) is 0 Å². The zero-order valence-corrected chi connectivity index (χ0v) is 13.8. The topological polar surface area (TPSA) is 50.2 Å². The SMILES string of the molecule is Cc1nc(Cc2ccc(C(C)(C)C)cc2)sc1CC(=O)O. The van der Waals surface area contributed by atoms with Crippen molar-refractivity contribution in [2.45, 2.75) is 46.0 Å². The zero-order chi connectivity index (χ0) is 15.6. The van der Waals surface area contributed by atoms with Crippen LogP contribution in [-0.2, 0) is 23.1 Å². The van der Waals surface area contributed by atoms with Crippen molar-refractivity contribution in [1.82, 2.24) is 4.98 Å². The predicted molar refractivity (Wildman–Crippen MR) is 86.1 cm³/mol. The van der Waals surface area contributed by atoms with Gasteiger partial charge >= 0.3 is 5.97 Å². The van der Waals surface area contributed by atoms with E-state index in [0.717, 1.165) is 22.0 Å². The van der Waals surface area contributed by atoms with E-state index in [1.807, 2.05) is 6.92 Å². The Morgan fingerprint density at radius 2 is 1.86 bits per heavy atom. The summed E-state index contributed by atoms with van der Waals surface area (Å²) in [6.07, 6.45) is 0.821. The minimum absolute atomic E-state index is 0.0620. The highest BCUT2D eigenvalue weighted by Gasteiger charge is 2.14. The van der Waals surface area contributed by atoms with Crippen molar-refractivity contribution in [3.63, 3.8) is 0 Å². The first-order valence-electron chi connectivity index (χ1n) is 7.02. The van der Waals surface area contributed by atoms with E-state index >= 15 is 0 Å². The Balaban J connectivity index is 2.13. The fourth-order valence-corrected chi connectivity index (χ4v) is 3.26. The van der Waals surface area contributed by atoms with Gasteiger partial charge in [-0.3, -0.25) is 4.79 Å². The molecule has 3 nitrogen and oxygen atoms in total. The van der Waals surface area contributed by atoms with Crippen LogP contribution in [0.2, 0.25) is 0 Å². The second kappa shape index (κ2) is 5.98. The standard InChI is InChI=1S/C17H21NO2S/c1-11-14(10-16(19)20)21-15(18-11)9-12-5-7-13(8-6-12)17(2,3)4/h5-8H,9-10H2,1-4H3,(H,19,20). The summed E-state index contributed by atoms with van der Waals surface area (Å²) < 4.78 is 0. The first-order chi connectivity index (χ1) is 9.75. The molecule has 0 fully saturated rings. The van der Waals surface area contributed by atoms with E-state index in [1.165, 1.54) is 22.5 Å². The maximum atomic E-state index is 10.8. The van der Waals surface area contributed by atoms with Crippen LogP contribution in [0.4, 0.5) is 0 Å². The minimum atomic E-state index is -0.803. The molecule has 0 aliphatic carbocycles. The predicted octanol–water partition coefficient (Wildman–Crippen LogP) is 3.97. The van der Waals surface area contributed by atoms with Crippen molar-refractivity contribution in [3.8, 4) is 0 Å². The molecule has 0 saturated carbocycles. The number of aliphatic carboxylic acids is 1. The van der Waals surface area contributed by atoms with Crippen LogP contribution in [0.3, 0.4) is 0 Å². The number of nitrogens with zero attached hydrogens (tertiary/aromatic N) is 1. The molecule has 0 atom stereocenters. The summed E-state index contributed by atoms with van der Waals surface area (Å²) in [6.45, 7) is 8.47. The molecule has 0 aliphatic rings. The first kappa shape index (κ1) is 15.7. The van der Waals surface area contributed by atoms with E-state index in [4.69, 9.17) is 5.11 Å². The molecule has 112 valence electrons. The molecule has 0 unspecified atom stereocenters. The molecule has 0 radical (unpaired) electrons. The fourth-order valence-electron chi connectivity index (χ4n) is 2.16. The van der Waals surface area contributed by atoms with E-state index in [1.54, 1.807) is 0 Å². The van der Waals surface area contributed by atoms with Crippen molar-refractivity contribution in [2.24, 2.45) is 0 Å². The Labute approximate surface area is 129 Å². The molecule has 1 aromatic carbocycles. The number of carboxylic acid groups (broad SMARTS) is 1. The van der Waals surface area contributed by atoms with E-state index in [-0.39, 0.29) is 11.8 Å². The monoisotopic (exact) mass is 303 g/mol. The second-order valence-corrected chi connectivity index (χ2v) is 7.48. The number of benzene rings is 1. The van der Waals surface area contributed by atoms with Crippen LogP contribution >= 0.6 is 11.3 Å². The van der Waals surface area contributed by atoms with Crippen molar-refractivity contribution >= 4 is 17.3 Å². The van der Waals surface area contributed by atoms with Gasteiger partial charge in [0.1, 0.15) is 0 Å². The van der Waals surface area contributed by atoms with Crippen LogP contribution in [-0.4, -0.2) is 16.1 Å². The Morgan fingerprint density at radius 1 is 1.24 bits per heavy atom. The molecule has 4 heteroatoms. The number of carboxylic acids is 1. The number of carbonyl (C=O) groups is 1. The molecule has 0 amide bonds.